The molecule has 0 aliphatic heterocycles. The highest BCUT2D eigenvalue weighted by molar-refractivity contribution is 7.89. The summed E-state index contributed by atoms with van der Waals surface area (Å²) >= 11 is 0. The number of nitrogens with zero attached hydrogens (tertiary/aromatic N) is 2. The van der Waals surface area contributed by atoms with E-state index in [1.165, 1.54) is 4.31 Å². The van der Waals surface area contributed by atoms with Gasteiger partial charge in [-0.05, 0) is 45.4 Å². The lowest BCUT2D eigenvalue weighted by atomic mass is 10.1. The third kappa shape index (κ3) is 5.40. The Morgan fingerprint density at radius 3 is 2.11 bits per heavy atom. The van der Waals surface area contributed by atoms with Crippen molar-refractivity contribution < 1.29 is 13.2 Å². The second kappa shape index (κ2) is 9.15. The molecule has 0 saturated carbocycles. The summed E-state index contributed by atoms with van der Waals surface area (Å²) in [5, 5.41) is 0. The maximum absolute atomic E-state index is 13.2. The van der Waals surface area contributed by atoms with E-state index >= 15 is 0 Å². The van der Waals surface area contributed by atoms with E-state index < -0.39 is 10.0 Å². The second-order valence-electron chi connectivity index (χ2n) is 6.64. The summed E-state index contributed by atoms with van der Waals surface area (Å²) in [4.78, 5) is 14.5. The Labute approximate surface area is 162 Å². The van der Waals surface area contributed by atoms with Gasteiger partial charge in [-0.15, -0.1) is 0 Å². The van der Waals surface area contributed by atoms with E-state index in [0.29, 0.717) is 13.1 Å². The van der Waals surface area contributed by atoms with Gasteiger partial charge in [-0.1, -0.05) is 47.5 Å². The average Bonchev–Trinajstić information content (AvgIpc) is 2.62. The first-order valence-corrected chi connectivity index (χ1v) is 10.6. The minimum atomic E-state index is -3.79. The highest BCUT2D eigenvalue weighted by Crippen LogP contribution is 2.20. The van der Waals surface area contributed by atoms with Crippen LogP contribution in [0.25, 0.3) is 0 Å². The zero-order valence-electron chi connectivity index (χ0n) is 16.5. The van der Waals surface area contributed by atoms with Crippen molar-refractivity contribution in [3.8, 4) is 0 Å². The van der Waals surface area contributed by atoms with Crippen LogP contribution < -0.4 is 0 Å². The molecule has 146 valence electrons. The lowest BCUT2D eigenvalue weighted by molar-refractivity contribution is -0.131. The van der Waals surface area contributed by atoms with Crippen molar-refractivity contribution in [2.75, 3.05) is 19.6 Å². The Balaban J connectivity index is 2.38. The van der Waals surface area contributed by atoms with E-state index in [9.17, 15) is 13.2 Å². The molecule has 27 heavy (non-hydrogen) atoms. The summed E-state index contributed by atoms with van der Waals surface area (Å²) in [6, 6.07) is 14.4. The first-order valence-electron chi connectivity index (χ1n) is 9.18. The van der Waals surface area contributed by atoms with Crippen LogP contribution in [0.4, 0.5) is 0 Å². The second-order valence-corrected chi connectivity index (χ2v) is 8.58. The molecule has 0 radical (unpaired) electrons. The Bertz CT molecular complexity index is 873. The minimum absolute atomic E-state index is 0.158. The molecule has 0 bridgehead atoms. The molecule has 0 heterocycles. The van der Waals surface area contributed by atoms with Gasteiger partial charge in [-0.25, -0.2) is 8.42 Å². The van der Waals surface area contributed by atoms with E-state index in [1.54, 1.807) is 29.2 Å². The molecule has 0 N–H and O–H groups in total. The fourth-order valence-corrected chi connectivity index (χ4v) is 4.30. The number of hydrogen-bond donors (Lipinski definition) is 0. The quantitative estimate of drug-likeness (QED) is 0.697. The molecular weight excluding hydrogens is 360 g/mol. The van der Waals surface area contributed by atoms with Gasteiger partial charge in [0.2, 0.25) is 15.9 Å². The molecule has 1 amide bonds. The molecule has 0 spiro atoms. The number of benzene rings is 2. The molecule has 0 aliphatic rings. The van der Waals surface area contributed by atoms with Crippen LogP contribution in [0, 0.1) is 13.8 Å². The summed E-state index contributed by atoms with van der Waals surface area (Å²) in [6.07, 6.45) is 0. The highest BCUT2D eigenvalue weighted by Gasteiger charge is 2.28. The van der Waals surface area contributed by atoms with Crippen molar-refractivity contribution in [2.45, 2.75) is 39.1 Å². The smallest absolute Gasteiger partial charge is 0.243 e. The van der Waals surface area contributed by atoms with Crippen LogP contribution in [-0.4, -0.2) is 43.2 Å². The molecule has 0 unspecified atom stereocenters. The van der Waals surface area contributed by atoms with Gasteiger partial charge in [0, 0.05) is 19.6 Å². The molecule has 5 nitrogen and oxygen atoms in total. The van der Waals surface area contributed by atoms with Gasteiger partial charge in [0.05, 0.1) is 11.4 Å². The number of sulfonamides is 1. The average molecular weight is 389 g/mol. The fraction of sp³-hybridized carbons (Fsp3) is 0.381. The minimum Gasteiger partial charge on any atom is -0.342 e. The van der Waals surface area contributed by atoms with Gasteiger partial charge in [0.25, 0.3) is 0 Å². The number of hydrogen-bond acceptors (Lipinski definition) is 3. The van der Waals surface area contributed by atoms with Gasteiger partial charge >= 0.3 is 0 Å². The van der Waals surface area contributed by atoms with Crippen LogP contribution in [0.3, 0.4) is 0 Å². The number of carbonyl (C=O) groups is 1. The molecule has 0 aromatic heterocycles. The summed E-state index contributed by atoms with van der Waals surface area (Å²) in [7, 11) is -3.79. The highest BCUT2D eigenvalue weighted by atomic mass is 32.2. The lowest BCUT2D eigenvalue weighted by Crippen LogP contribution is -2.42. The predicted molar refractivity (Wildman–Crippen MR) is 108 cm³/mol. The molecule has 0 aliphatic carbocycles. The molecule has 0 fully saturated rings. The van der Waals surface area contributed by atoms with Crippen molar-refractivity contribution in [1.82, 2.24) is 9.21 Å². The number of aryl methyl sites for hydroxylation is 2. The Morgan fingerprint density at radius 2 is 1.56 bits per heavy atom. The third-order valence-electron chi connectivity index (χ3n) is 4.53. The first-order chi connectivity index (χ1) is 12.8. The van der Waals surface area contributed by atoms with E-state index in [4.69, 9.17) is 0 Å². The van der Waals surface area contributed by atoms with Crippen LogP contribution in [0.5, 0.6) is 0 Å². The normalized spacial score (nSPS) is 11.6. The van der Waals surface area contributed by atoms with E-state index in [1.807, 2.05) is 52.0 Å². The maximum atomic E-state index is 13.2. The monoisotopic (exact) mass is 388 g/mol. The first kappa shape index (κ1) is 21.1. The molecule has 6 heteroatoms. The summed E-state index contributed by atoms with van der Waals surface area (Å²) in [5.41, 5.74) is 2.90. The number of carbonyl (C=O) groups excluding carboxylic acids is 1. The number of likely N-dealkylation sites (N-methyl/N-ethyl adjacent to an activating group) is 1. The van der Waals surface area contributed by atoms with Crippen LogP contribution in [0.2, 0.25) is 0 Å². The third-order valence-corrected chi connectivity index (χ3v) is 6.33. The summed E-state index contributed by atoms with van der Waals surface area (Å²) in [5.74, 6) is -0.191. The predicted octanol–water partition coefficient (Wildman–Crippen LogP) is 3.36. The van der Waals surface area contributed by atoms with Crippen LogP contribution in [-0.2, 0) is 21.4 Å². The zero-order valence-corrected chi connectivity index (χ0v) is 17.3. The maximum Gasteiger partial charge on any atom is 0.243 e. The van der Waals surface area contributed by atoms with Crippen LogP contribution in [0.1, 0.15) is 30.5 Å². The summed E-state index contributed by atoms with van der Waals surface area (Å²) < 4.78 is 27.7. The fourth-order valence-electron chi connectivity index (χ4n) is 2.93. The SMILES string of the molecule is CCN(CC)C(=O)CN(Cc1cccc(C)c1)S(=O)(=O)c1ccc(C)cc1. The van der Waals surface area contributed by atoms with E-state index in [2.05, 4.69) is 0 Å². The van der Waals surface area contributed by atoms with Gasteiger partial charge in [0.1, 0.15) is 0 Å². The lowest BCUT2D eigenvalue weighted by Gasteiger charge is -2.26. The molecule has 0 atom stereocenters. The molecule has 2 rings (SSSR count). The Morgan fingerprint density at radius 1 is 0.926 bits per heavy atom. The number of amides is 1. The topological polar surface area (TPSA) is 57.7 Å². The van der Waals surface area contributed by atoms with Crippen molar-refractivity contribution in [3.05, 3.63) is 65.2 Å². The van der Waals surface area contributed by atoms with Crippen LogP contribution in [0.15, 0.2) is 53.4 Å². The van der Waals surface area contributed by atoms with E-state index in [-0.39, 0.29) is 23.9 Å². The standard InChI is InChI=1S/C21H28N2O3S/c1-5-22(6-2)21(24)16-23(15-19-9-7-8-18(4)14-19)27(25,26)20-12-10-17(3)11-13-20/h7-14H,5-6,15-16H2,1-4H3. The molecule has 2 aromatic rings. The Hall–Kier alpha value is -2.18. The zero-order chi connectivity index (χ0) is 20.0. The largest absolute Gasteiger partial charge is 0.342 e. The van der Waals surface area contributed by atoms with Crippen LogP contribution >= 0.6 is 0 Å². The van der Waals surface area contributed by atoms with Gasteiger partial charge in [-0.3, -0.25) is 4.79 Å². The summed E-state index contributed by atoms with van der Waals surface area (Å²) in [6.45, 7) is 8.74. The molecule has 0 saturated heterocycles. The van der Waals surface area contributed by atoms with Crippen molar-refractivity contribution in [3.63, 3.8) is 0 Å². The Kier molecular flexibility index (Phi) is 7.16. The van der Waals surface area contributed by atoms with E-state index in [0.717, 1.165) is 16.7 Å². The van der Waals surface area contributed by atoms with Crippen molar-refractivity contribution in [1.29, 1.82) is 0 Å². The van der Waals surface area contributed by atoms with Crippen molar-refractivity contribution >= 4 is 15.9 Å². The van der Waals surface area contributed by atoms with Gasteiger partial charge in [0.15, 0.2) is 0 Å². The molecular formula is C21H28N2O3S. The van der Waals surface area contributed by atoms with Gasteiger partial charge < -0.3 is 4.90 Å². The van der Waals surface area contributed by atoms with Crippen molar-refractivity contribution in [2.24, 2.45) is 0 Å². The molecule has 2 aromatic carbocycles. The number of rotatable bonds is 8. The van der Waals surface area contributed by atoms with Gasteiger partial charge in [-0.2, -0.15) is 4.31 Å².